The van der Waals surface area contributed by atoms with Crippen molar-refractivity contribution < 1.29 is 0 Å². The summed E-state index contributed by atoms with van der Waals surface area (Å²) in [5.41, 5.74) is 0. The number of hydrogen-bond donors (Lipinski definition) is 2. The molecule has 0 aliphatic carbocycles. The molecule has 0 saturated carbocycles. The largest absolute Gasteiger partial charge is 0.320 e. The summed E-state index contributed by atoms with van der Waals surface area (Å²) in [5, 5.41) is 8.77. The minimum absolute atomic E-state index is 1.01. The van der Waals surface area contributed by atoms with Crippen LogP contribution >= 0.6 is 22.7 Å². The predicted octanol–water partition coefficient (Wildman–Crippen LogP) is 2.66. The van der Waals surface area contributed by atoms with E-state index in [1.165, 1.54) is 20.7 Å². The normalized spacial score (nSPS) is 11.3. The van der Waals surface area contributed by atoms with E-state index in [4.69, 9.17) is 0 Å². The highest BCUT2D eigenvalue weighted by atomic mass is 32.1. The molecule has 0 radical (unpaired) electrons. The summed E-state index contributed by atoms with van der Waals surface area (Å²) in [7, 11) is 1.99. The maximum Gasteiger partial charge on any atom is 0.0453 e. The van der Waals surface area contributed by atoms with Crippen molar-refractivity contribution in [1.29, 1.82) is 0 Å². The van der Waals surface area contributed by atoms with Crippen LogP contribution in [-0.4, -0.2) is 20.1 Å². The summed E-state index contributed by atoms with van der Waals surface area (Å²) >= 11 is 3.73. The second-order valence-corrected chi connectivity index (χ2v) is 5.61. The first-order valence-electron chi connectivity index (χ1n) is 5.21. The number of hydrogen-bond acceptors (Lipinski definition) is 4. The van der Waals surface area contributed by atoms with Crippen molar-refractivity contribution in [3.8, 4) is 0 Å². The molecule has 0 amide bonds. The number of rotatable bonds is 6. The Balaban J connectivity index is 1.77. The zero-order valence-electron chi connectivity index (χ0n) is 8.88. The third kappa shape index (κ3) is 3.01. The lowest BCUT2D eigenvalue weighted by Crippen LogP contribution is -2.18. The fourth-order valence-corrected chi connectivity index (χ4v) is 3.61. The highest BCUT2D eigenvalue weighted by molar-refractivity contribution is 7.26. The van der Waals surface area contributed by atoms with E-state index in [1.807, 2.05) is 29.7 Å². The molecule has 2 heterocycles. The lowest BCUT2D eigenvalue weighted by Gasteiger charge is -2.01. The average Bonchev–Trinajstić information content (AvgIpc) is 2.77. The topological polar surface area (TPSA) is 24.1 Å². The molecule has 0 aliphatic heterocycles. The summed E-state index contributed by atoms with van der Waals surface area (Å²) in [4.78, 5) is 1.45. The first-order chi connectivity index (χ1) is 7.40. The molecular weight excluding hydrogens is 224 g/mol. The van der Waals surface area contributed by atoms with Crippen LogP contribution in [0.5, 0.6) is 0 Å². The van der Waals surface area contributed by atoms with Gasteiger partial charge in [0.1, 0.15) is 0 Å². The first kappa shape index (κ1) is 11.1. The Morgan fingerprint density at radius 3 is 3.00 bits per heavy atom. The van der Waals surface area contributed by atoms with Gasteiger partial charge in [0.25, 0.3) is 0 Å². The monoisotopic (exact) mass is 240 g/mol. The van der Waals surface area contributed by atoms with Crippen molar-refractivity contribution in [2.75, 3.05) is 20.1 Å². The van der Waals surface area contributed by atoms with Crippen LogP contribution in [-0.2, 0) is 6.54 Å². The smallest absolute Gasteiger partial charge is 0.0453 e. The van der Waals surface area contributed by atoms with Gasteiger partial charge >= 0.3 is 0 Å². The zero-order valence-corrected chi connectivity index (χ0v) is 10.5. The summed E-state index contributed by atoms with van der Waals surface area (Å²) < 4.78 is 2.85. The van der Waals surface area contributed by atoms with Crippen molar-refractivity contribution in [2.24, 2.45) is 0 Å². The Bertz CT molecular complexity index is 377. The minimum atomic E-state index is 1.01. The lowest BCUT2D eigenvalue weighted by atomic mass is 10.4. The molecule has 2 aromatic heterocycles. The van der Waals surface area contributed by atoms with Crippen LogP contribution in [0.1, 0.15) is 11.3 Å². The van der Waals surface area contributed by atoms with Gasteiger partial charge in [-0.3, -0.25) is 0 Å². The Hall–Kier alpha value is -0.420. The van der Waals surface area contributed by atoms with E-state index in [9.17, 15) is 0 Å². The number of nitrogens with one attached hydrogen (secondary N) is 2. The maximum atomic E-state index is 3.46. The first-order valence-corrected chi connectivity index (χ1v) is 6.91. The van der Waals surface area contributed by atoms with Crippen molar-refractivity contribution in [3.05, 3.63) is 22.4 Å². The number of fused-ring (bicyclic) bond motifs is 1. The van der Waals surface area contributed by atoms with E-state index in [-0.39, 0.29) is 0 Å². The van der Waals surface area contributed by atoms with Crippen LogP contribution in [0, 0.1) is 0 Å². The van der Waals surface area contributed by atoms with Crippen LogP contribution < -0.4 is 10.6 Å². The molecule has 0 aliphatic rings. The standard InChI is InChI=1S/C11H16N2S2/c1-12-4-2-5-13-8-9-7-11-10(15-9)3-6-14-11/h3,6-7,12-13H,2,4-5,8H2,1H3. The van der Waals surface area contributed by atoms with Gasteiger partial charge in [0.05, 0.1) is 0 Å². The van der Waals surface area contributed by atoms with Gasteiger partial charge in [-0.05, 0) is 44.1 Å². The van der Waals surface area contributed by atoms with Gasteiger partial charge < -0.3 is 10.6 Å². The van der Waals surface area contributed by atoms with Crippen LogP contribution in [0.2, 0.25) is 0 Å². The molecule has 4 heteroatoms. The minimum Gasteiger partial charge on any atom is -0.320 e. The summed E-state index contributed by atoms with van der Waals surface area (Å²) in [6.45, 7) is 3.19. The highest BCUT2D eigenvalue weighted by Crippen LogP contribution is 2.29. The third-order valence-corrected chi connectivity index (χ3v) is 4.36. The molecule has 0 saturated heterocycles. The van der Waals surface area contributed by atoms with Crippen LogP contribution in [0.4, 0.5) is 0 Å². The summed E-state index contributed by atoms with van der Waals surface area (Å²) in [5.74, 6) is 0. The van der Waals surface area contributed by atoms with Crippen LogP contribution in [0.3, 0.4) is 0 Å². The molecular formula is C11H16N2S2. The van der Waals surface area contributed by atoms with E-state index in [2.05, 4.69) is 28.1 Å². The average molecular weight is 240 g/mol. The molecule has 2 nitrogen and oxygen atoms in total. The fraction of sp³-hybridized carbons (Fsp3) is 0.455. The van der Waals surface area contributed by atoms with E-state index in [1.54, 1.807) is 0 Å². The van der Waals surface area contributed by atoms with Crippen LogP contribution in [0.15, 0.2) is 17.5 Å². The van der Waals surface area contributed by atoms with Gasteiger partial charge in [-0.25, -0.2) is 0 Å². The second-order valence-electron chi connectivity index (χ2n) is 3.50. The molecule has 0 fully saturated rings. The van der Waals surface area contributed by atoms with Gasteiger partial charge in [0.2, 0.25) is 0 Å². The maximum absolute atomic E-state index is 3.46. The van der Waals surface area contributed by atoms with Crippen molar-refractivity contribution in [1.82, 2.24) is 10.6 Å². The van der Waals surface area contributed by atoms with Gasteiger partial charge in [-0.1, -0.05) is 0 Å². The molecule has 0 atom stereocenters. The zero-order chi connectivity index (χ0) is 10.5. The van der Waals surface area contributed by atoms with Crippen molar-refractivity contribution in [3.63, 3.8) is 0 Å². The molecule has 0 spiro atoms. The second kappa shape index (κ2) is 5.61. The molecule has 0 aromatic carbocycles. The SMILES string of the molecule is CNCCCNCc1cc2sccc2s1. The van der Waals surface area contributed by atoms with Gasteiger partial charge in [0, 0.05) is 20.8 Å². The summed E-state index contributed by atoms with van der Waals surface area (Å²) in [6.07, 6.45) is 1.19. The van der Waals surface area contributed by atoms with Crippen molar-refractivity contribution >= 4 is 32.1 Å². The van der Waals surface area contributed by atoms with Crippen LogP contribution in [0.25, 0.3) is 9.40 Å². The van der Waals surface area contributed by atoms with Gasteiger partial charge in [-0.2, -0.15) is 0 Å². The fourth-order valence-electron chi connectivity index (χ4n) is 1.50. The lowest BCUT2D eigenvalue weighted by molar-refractivity contribution is 0.629. The quantitative estimate of drug-likeness (QED) is 0.759. The highest BCUT2D eigenvalue weighted by Gasteiger charge is 2.01. The molecule has 2 aromatic rings. The molecule has 82 valence electrons. The van der Waals surface area contributed by atoms with E-state index < -0.39 is 0 Å². The molecule has 2 rings (SSSR count). The Morgan fingerprint density at radius 1 is 1.27 bits per heavy atom. The molecule has 15 heavy (non-hydrogen) atoms. The summed E-state index contributed by atoms with van der Waals surface area (Å²) in [6, 6.07) is 4.50. The Labute approximate surface area is 98.3 Å². The van der Waals surface area contributed by atoms with Gasteiger partial charge in [0.15, 0.2) is 0 Å². The molecule has 0 bridgehead atoms. The van der Waals surface area contributed by atoms with E-state index in [0.29, 0.717) is 0 Å². The Morgan fingerprint density at radius 2 is 2.20 bits per heavy atom. The molecule has 0 unspecified atom stereocenters. The Kier molecular flexibility index (Phi) is 4.14. The van der Waals surface area contributed by atoms with Gasteiger partial charge in [-0.15, -0.1) is 22.7 Å². The van der Waals surface area contributed by atoms with E-state index in [0.717, 1.165) is 19.6 Å². The number of thiophene rings is 2. The third-order valence-electron chi connectivity index (χ3n) is 2.27. The van der Waals surface area contributed by atoms with Crippen molar-refractivity contribution in [2.45, 2.75) is 13.0 Å². The predicted molar refractivity (Wildman–Crippen MR) is 70.0 cm³/mol. The molecule has 2 N–H and O–H groups in total. The van der Waals surface area contributed by atoms with E-state index >= 15 is 0 Å².